The van der Waals surface area contributed by atoms with E-state index >= 15 is 0 Å². The molecule has 0 bridgehead atoms. The van der Waals surface area contributed by atoms with Gasteiger partial charge in [0.25, 0.3) is 0 Å². The normalized spacial score (nSPS) is 14.5. The van der Waals surface area contributed by atoms with Crippen molar-refractivity contribution in [2.45, 2.75) is 33.1 Å². The second-order valence-electron chi connectivity index (χ2n) is 7.93. The first-order chi connectivity index (χ1) is 14.8. The zero-order chi connectivity index (χ0) is 22.4. The van der Waals surface area contributed by atoms with E-state index in [1.807, 2.05) is 13.8 Å². The Kier molecular flexibility index (Phi) is 7.57. The number of nitrogens with one attached hydrogen (secondary N) is 2. The Morgan fingerprint density at radius 1 is 1.32 bits per heavy atom. The number of nitrogens with zero attached hydrogens (tertiary/aromatic N) is 1. The summed E-state index contributed by atoms with van der Waals surface area (Å²) < 4.78 is 24.7. The van der Waals surface area contributed by atoms with Gasteiger partial charge in [-0.15, -0.1) is 0 Å². The first kappa shape index (κ1) is 22.7. The minimum absolute atomic E-state index is 0.135. The molecule has 1 fully saturated rings. The number of carboxylic acids is 1. The number of carboxylic acid groups (broad SMARTS) is 1. The number of hydrogen-bond acceptors (Lipinski definition) is 6. The van der Waals surface area contributed by atoms with Gasteiger partial charge in [-0.25, -0.2) is 14.2 Å². The predicted octanol–water partition coefficient (Wildman–Crippen LogP) is 4.88. The average molecular weight is 429 g/mol. The van der Waals surface area contributed by atoms with Crippen molar-refractivity contribution in [1.29, 1.82) is 5.41 Å². The molecule has 1 aliphatic rings. The van der Waals surface area contributed by atoms with E-state index in [1.165, 1.54) is 30.3 Å². The van der Waals surface area contributed by atoms with E-state index in [2.05, 4.69) is 10.3 Å². The van der Waals surface area contributed by atoms with Crippen molar-refractivity contribution in [2.75, 3.05) is 25.1 Å². The molecule has 0 atom stereocenters. The highest BCUT2D eigenvalue weighted by Crippen LogP contribution is 2.32. The number of ether oxygens (including phenoxy) is 2. The van der Waals surface area contributed by atoms with Gasteiger partial charge in [0.2, 0.25) is 0 Å². The van der Waals surface area contributed by atoms with Crippen LogP contribution in [0.3, 0.4) is 0 Å². The lowest BCUT2D eigenvalue weighted by molar-refractivity contribution is 0.0592. The number of pyridine rings is 1. The molecule has 1 saturated heterocycles. The van der Waals surface area contributed by atoms with E-state index in [0.717, 1.165) is 32.5 Å². The van der Waals surface area contributed by atoms with Crippen LogP contribution >= 0.6 is 0 Å². The maximum atomic E-state index is 13.3. The van der Waals surface area contributed by atoms with E-state index in [1.54, 1.807) is 0 Å². The Labute approximate surface area is 181 Å². The third-order valence-corrected chi connectivity index (χ3v) is 5.28. The minimum Gasteiger partial charge on any atom is -0.493 e. The highest BCUT2D eigenvalue weighted by atomic mass is 19.1. The fourth-order valence-electron chi connectivity index (χ4n) is 3.43. The zero-order valence-electron chi connectivity index (χ0n) is 17.8. The second kappa shape index (κ2) is 10.3. The van der Waals surface area contributed by atoms with Crippen molar-refractivity contribution in [3.05, 3.63) is 47.4 Å². The summed E-state index contributed by atoms with van der Waals surface area (Å²) in [5, 5.41) is 21.2. The molecule has 1 aliphatic heterocycles. The van der Waals surface area contributed by atoms with E-state index in [4.69, 9.17) is 14.9 Å². The van der Waals surface area contributed by atoms with Gasteiger partial charge in [-0.2, -0.15) is 0 Å². The van der Waals surface area contributed by atoms with Crippen molar-refractivity contribution in [1.82, 2.24) is 4.98 Å². The smallest absolute Gasteiger partial charge is 0.354 e. The van der Waals surface area contributed by atoms with Crippen LogP contribution in [0.1, 0.15) is 49.2 Å². The summed E-state index contributed by atoms with van der Waals surface area (Å²) in [5.41, 5.74) is 1.03. The van der Waals surface area contributed by atoms with Crippen LogP contribution in [0.15, 0.2) is 30.3 Å². The molecule has 8 heteroatoms. The number of aromatic carboxylic acids is 1. The molecule has 0 spiro atoms. The Morgan fingerprint density at radius 2 is 2.00 bits per heavy atom. The third kappa shape index (κ3) is 6.01. The Morgan fingerprint density at radius 3 is 2.61 bits per heavy atom. The molecule has 0 amide bonds. The Bertz CT molecular complexity index is 925. The SMILES string of the molecule is CC(C)C(=N)c1c(OCCC2CCOCC2)cc(C(=O)O)nc1Nc1ccc(F)cc1. The van der Waals surface area contributed by atoms with E-state index < -0.39 is 5.97 Å². The monoisotopic (exact) mass is 429 g/mol. The van der Waals surface area contributed by atoms with Gasteiger partial charge in [0.05, 0.1) is 12.2 Å². The van der Waals surface area contributed by atoms with Gasteiger partial charge < -0.3 is 25.3 Å². The molecule has 0 radical (unpaired) electrons. The zero-order valence-corrected chi connectivity index (χ0v) is 17.8. The first-order valence-electron chi connectivity index (χ1n) is 10.5. The maximum Gasteiger partial charge on any atom is 0.354 e. The topological polar surface area (TPSA) is 105 Å². The summed E-state index contributed by atoms with van der Waals surface area (Å²) in [6, 6.07) is 7.01. The molecule has 1 aromatic carbocycles. The number of rotatable bonds is 9. The standard InChI is InChI=1S/C23H28FN3O4/c1-14(2)21(25)20-19(31-12-9-15-7-10-30-11-8-15)13-18(23(28)29)27-22(20)26-17-5-3-16(24)4-6-17/h3-6,13-15,25H,7-12H2,1-2H3,(H,26,27)(H,28,29). The van der Waals surface area contributed by atoms with Gasteiger partial charge in [-0.05, 0) is 55.4 Å². The summed E-state index contributed by atoms with van der Waals surface area (Å²) in [5.74, 6) is -0.707. The first-order valence-corrected chi connectivity index (χ1v) is 10.5. The minimum atomic E-state index is -1.20. The van der Waals surface area contributed by atoms with E-state index in [0.29, 0.717) is 29.5 Å². The fraction of sp³-hybridized carbons (Fsp3) is 0.435. The van der Waals surface area contributed by atoms with Crippen molar-refractivity contribution >= 4 is 23.2 Å². The number of aromatic nitrogens is 1. The summed E-state index contributed by atoms with van der Waals surface area (Å²) in [6.45, 7) is 5.65. The lowest BCUT2D eigenvalue weighted by atomic mass is 9.97. The number of anilines is 2. The van der Waals surface area contributed by atoms with E-state index in [-0.39, 0.29) is 29.0 Å². The van der Waals surface area contributed by atoms with Gasteiger partial charge >= 0.3 is 5.97 Å². The van der Waals surface area contributed by atoms with Gasteiger partial charge in [0, 0.05) is 30.7 Å². The Hall–Kier alpha value is -3.00. The van der Waals surface area contributed by atoms with Crippen LogP contribution in [0.25, 0.3) is 0 Å². The summed E-state index contributed by atoms with van der Waals surface area (Å²) in [4.78, 5) is 15.9. The predicted molar refractivity (Wildman–Crippen MR) is 116 cm³/mol. The number of benzene rings is 1. The van der Waals surface area contributed by atoms with Crippen LogP contribution in [0, 0.1) is 23.1 Å². The maximum absolute atomic E-state index is 13.3. The summed E-state index contributed by atoms with van der Waals surface area (Å²) >= 11 is 0. The quantitative estimate of drug-likeness (QED) is 0.491. The van der Waals surface area contributed by atoms with E-state index in [9.17, 15) is 14.3 Å². The average Bonchev–Trinajstić information content (AvgIpc) is 2.75. The molecule has 7 nitrogen and oxygen atoms in total. The molecule has 0 unspecified atom stereocenters. The highest BCUT2D eigenvalue weighted by molar-refractivity contribution is 6.07. The molecule has 2 heterocycles. The molecular formula is C23H28FN3O4. The molecule has 31 heavy (non-hydrogen) atoms. The fourth-order valence-corrected chi connectivity index (χ4v) is 3.43. The van der Waals surface area contributed by atoms with Crippen molar-refractivity contribution in [2.24, 2.45) is 11.8 Å². The van der Waals surface area contributed by atoms with Crippen LogP contribution in [0.5, 0.6) is 5.75 Å². The molecule has 3 N–H and O–H groups in total. The second-order valence-corrected chi connectivity index (χ2v) is 7.93. The molecule has 2 aromatic rings. The van der Waals surface area contributed by atoms with Crippen molar-refractivity contribution in [3.63, 3.8) is 0 Å². The van der Waals surface area contributed by atoms with Gasteiger partial charge in [-0.1, -0.05) is 13.8 Å². The summed E-state index contributed by atoms with van der Waals surface area (Å²) in [7, 11) is 0. The van der Waals surface area contributed by atoms with Crippen LogP contribution in [0.4, 0.5) is 15.9 Å². The highest BCUT2D eigenvalue weighted by Gasteiger charge is 2.23. The summed E-state index contributed by atoms with van der Waals surface area (Å²) in [6.07, 6.45) is 2.78. The lowest BCUT2D eigenvalue weighted by Gasteiger charge is -2.23. The third-order valence-electron chi connectivity index (χ3n) is 5.28. The molecule has 0 aliphatic carbocycles. The van der Waals surface area contributed by atoms with Crippen molar-refractivity contribution < 1.29 is 23.8 Å². The van der Waals surface area contributed by atoms with Gasteiger partial charge in [0.1, 0.15) is 17.4 Å². The van der Waals surface area contributed by atoms with Gasteiger partial charge in [-0.3, -0.25) is 0 Å². The number of carbonyl (C=O) groups is 1. The largest absolute Gasteiger partial charge is 0.493 e. The van der Waals surface area contributed by atoms with Crippen LogP contribution in [-0.4, -0.2) is 41.6 Å². The molecule has 1 aromatic heterocycles. The van der Waals surface area contributed by atoms with Crippen LogP contribution in [-0.2, 0) is 4.74 Å². The lowest BCUT2D eigenvalue weighted by Crippen LogP contribution is -2.19. The van der Waals surface area contributed by atoms with Crippen LogP contribution in [0.2, 0.25) is 0 Å². The van der Waals surface area contributed by atoms with Gasteiger partial charge in [0.15, 0.2) is 5.69 Å². The molecular weight excluding hydrogens is 401 g/mol. The molecule has 3 rings (SSSR count). The Balaban J connectivity index is 1.93. The number of hydrogen-bond donors (Lipinski definition) is 3. The molecule has 0 saturated carbocycles. The number of halogens is 1. The molecule has 166 valence electrons. The van der Waals surface area contributed by atoms with Crippen LogP contribution < -0.4 is 10.1 Å². The van der Waals surface area contributed by atoms with Crippen molar-refractivity contribution in [3.8, 4) is 5.75 Å².